The summed E-state index contributed by atoms with van der Waals surface area (Å²) in [4.78, 5) is 0. The van der Waals surface area contributed by atoms with Crippen molar-refractivity contribution in [3.05, 3.63) is 29.7 Å². The molecular weight excluding hydrogens is 217 g/mol. The highest BCUT2D eigenvalue weighted by Gasteiger charge is 2.15. The van der Waals surface area contributed by atoms with Gasteiger partial charge in [0.25, 0.3) is 0 Å². The number of aromatic nitrogens is 2. The average Bonchev–Trinajstić information content (AvgIpc) is 2.73. The smallest absolute Gasteiger partial charge is 0.124 e. The van der Waals surface area contributed by atoms with Gasteiger partial charge < -0.3 is 5.32 Å². The Balaban J connectivity index is 1.86. The second-order valence-electron chi connectivity index (χ2n) is 4.71. The van der Waals surface area contributed by atoms with E-state index < -0.39 is 0 Å². The van der Waals surface area contributed by atoms with E-state index in [1.165, 1.54) is 25.3 Å². The minimum absolute atomic E-state index is 0.197. The van der Waals surface area contributed by atoms with Gasteiger partial charge in [0.15, 0.2) is 0 Å². The van der Waals surface area contributed by atoms with Gasteiger partial charge in [-0.1, -0.05) is 6.42 Å². The van der Waals surface area contributed by atoms with Gasteiger partial charge in [0, 0.05) is 23.5 Å². The maximum atomic E-state index is 13.2. The molecule has 0 saturated carbocycles. The quantitative estimate of drug-likeness (QED) is 0.836. The molecule has 0 bridgehead atoms. The monoisotopic (exact) mass is 233 g/mol. The summed E-state index contributed by atoms with van der Waals surface area (Å²) in [5.74, 6) is -0.197. The lowest BCUT2D eigenvalue weighted by Crippen LogP contribution is -2.35. The van der Waals surface area contributed by atoms with Crippen LogP contribution in [0, 0.1) is 5.82 Å². The molecule has 0 aliphatic carbocycles. The van der Waals surface area contributed by atoms with Crippen molar-refractivity contribution in [2.24, 2.45) is 0 Å². The fourth-order valence-corrected chi connectivity index (χ4v) is 2.54. The molecule has 1 aliphatic heterocycles. The summed E-state index contributed by atoms with van der Waals surface area (Å²) in [6.45, 7) is 1.09. The first-order chi connectivity index (χ1) is 8.33. The Hall–Kier alpha value is -1.42. The molecule has 1 fully saturated rings. The number of aromatic amines is 1. The first-order valence-corrected chi connectivity index (χ1v) is 6.19. The number of piperidine rings is 1. The van der Waals surface area contributed by atoms with Gasteiger partial charge in [-0.2, -0.15) is 5.10 Å². The van der Waals surface area contributed by atoms with Crippen LogP contribution in [0.5, 0.6) is 0 Å². The topological polar surface area (TPSA) is 40.7 Å². The number of fused-ring (bicyclic) bond motifs is 1. The lowest BCUT2D eigenvalue weighted by molar-refractivity contribution is 0.397. The van der Waals surface area contributed by atoms with Gasteiger partial charge in [-0.05, 0) is 37.6 Å². The van der Waals surface area contributed by atoms with E-state index in [0.29, 0.717) is 6.04 Å². The number of rotatable bonds is 2. The Morgan fingerprint density at radius 2 is 2.29 bits per heavy atom. The Labute approximate surface area is 99.4 Å². The zero-order valence-electron chi connectivity index (χ0n) is 9.67. The van der Waals surface area contributed by atoms with E-state index in [2.05, 4.69) is 15.5 Å². The Morgan fingerprint density at radius 3 is 3.12 bits per heavy atom. The molecule has 1 aromatic carbocycles. The molecule has 4 heteroatoms. The first kappa shape index (κ1) is 10.7. The second-order valence-corrected chi connectivity index (χ2v) is 4.71. The van der Waals surface area contributed by atoms with Crippen molar-refractivity contribution in [1.29, 1.82) is 0 Å². The van der Waals surface area contributed by atoms with Crippen LogP contribution in [0.25, 0.3) is 10.9 Å². The van der Waals surface area contributed by atoms with Crippen molar-refractivity contribution in [2.45, 2.75) is 31.7 Å². The number of hydrogen-bond acceptors (Lipinski definition) is 2. The standard InChI is InChI=1S/C13H16FN3/c14-9-4-5-12-11(7-9)13(17-16-12)8-10-3-1-2-6-15-10/h4-5,7,10,15H,1-3,6,8H2,(H,16,17). The molecule has 3 rings (SSSR count). The van der Waals surface area contributed by atoms with Crippen molar-refractivity contribution in [3.63, 3.8) is 0 Å². The second kappa shape index (κ2) is 4.45. The molecule has 17 heavy (non-hydrogen) atoms. The van der Waals surface area contributed by atoms with Crippen molar-refractivity contribution in [2.75, 3.05) is 6.54 Å². The number of benzene rings is 1. The summed E-state index contributed by atoms with van der Waals surface area (Å²) in [6, 6.07) is 5.23. The maximum Gasteiger partial charge on any atom is 0.124 e. The maximum absolute atomic E-state index is 13.2. The lowest BCUT2D eigenvalue weighted by atomic mass is 9.99. The van der Waals surface area contributed by atoms with Gasteiger partial charge in [-0.25, -0.2) is 4.39 Å². The van der Waals surface area contributed by atoms with Gasteiger partial charge in [0.1, 0.15) is 5.82 Å². The molecule has 0 radical (unpaired) electrons. The lowest BCUT2D eigenvalue weighted by Gasteiger charge is -2.22. The number of nitrogens with one attached hydrogen (secondary N) is 2. The predicted molar refractivity (Wildman–Crippen MR) is 65.4 cm³/mol. The first-order valence-electron chi connectivity index (χ1n) is 6.19. The van der Waals surface area contributed by atoms with E-state index in [1.807, 2.05) is 0 Å². The molecule has 2 heterocycles. The SMILES string of the molecule is Fc1ccc2n[nH]c(CC3CCCCN3)c2c1. The van der Waals surface area contributed by atoms with E-state index >= 15 is 0 Å². The number of nitrogens with zero attached hydrogens (tertiary/aromatic N) is 1. The highest BCUT2D eigenvalue weighted by atomic mass is 19.1. The van der Waals surface area contributed by atoms with Crippen LogP contribution in [0.1, 0.15) is 25.0 Å². The van der Waals surface area contributed by atoms with Gasteiger partial charge in [0.2, 0.25) is 0 Å². The van der Waals surface area contributed by atoms with Gasteiger partial charge in [0.05, 0.1) is 5.52 Å². The molecule has 90 valence electrons. The number of halogens is 1. The molecular formula is C13H16FN3. The molecule has 0 amide bonds. The van der Waals surface area contributed by atoms with Gasteiger partial charge in [-0.3, -0.25) is 5.10 Å². The van der Waals surface area contributed by atoms with E-state index in [9.17, 15) is 4.39 Å². The fraction of sp³-hybridized carbons (Fsp3) is 0.462. The Kier molecular flexibility index (Phi) is 2.81. The molecule has 0 spiro atoms. The number of hydrogen-bond donors (Lipinski definition) is 2. The molecule has 1 aliphatic rings. The summed E-state index contributed by atoms with van der Waals surface area (Å²) in [7, 11) is 0. The summed E-state index contributed by atoms with van der Waals surface area (Å²) in [6.07, 6.45) is 4.63. The van der Waals surface area contributed by atoms with Crippen LogP contribution >= 0.6 is 0 Å². The minimum Gasteiger partial charge on any atom is -0.314 e. The van der Waals surface area contributed by atoms with Crippen molar-refractivity contribution in [3.8, 4) is 0 Å². The van der Waals surface area contributed by atoms with Crippen LogP contribution in [-0.2, 0) is 6.42 Å². The molecule has 1 atom stereocenters. The van der Waals surface area contributed by atoms with E-state index in [0.717, 1.165) is 29.6 Å². The van der Waals surface area contributed by atoms with E-state index in [1.54, 1.807) is 12.1 Å². The highest BCUT2D eigenvalue weighted by Crippen LogP contribution is 2.20. The summed E-state index contributed by atoms with van der Waals surface area (Å²) in [5, 5.41) is 11.6. The van der Waals surface area contributed by atoms with Crippen LogP contribution in [0.15, 0.2) is 18.2 Å². The van der Waals surface area contributed by atoms with Crippen LogP contribution in [0.2, 0.25) is 0 Å². The van der Waals surface area contributed by atoms with Crippen LogP contribution < -0.4 is 5.32 Å². The Bertz CT molecular complexity index is 514. The number of H-pyrrole nitrogens is 1. The largest absolute Gasteiger partial charge is 0.314 e. The summed E-state index contributed by atoms with van der Waals surface area (Å²) >= 11 is 0. The third-order valence-corrected chi connectivity index (χ3v) is 3.46. The molecule has 1 aromatic heterocycles. The summed E-state index contributed by atoms with van der Waals surface area (Å²) in [5.41, 5.74) is 1.89. The minimum atomic E-state index is -0.197. The predicted octanol–water partition coefficient (Wildman–Crippen LogP) is 2.39. The molecule has 1 unspecified atom stereocenters. The highest BCUT2D eigenvalue weighted by molar-refractivity contribution is 5.81. The Morgan fingerprint density at radius 1 is 1.35 bits per heavy atom. The zero-order valence-corrected chi connectivity index (χ0v) is 9.67. The van der Waals surface area contributed by atoms with Crippen LogP contribution in [0.4, 0.5) is 4.39 Å². The van der Waals surface area contributed by atoms with E-state index in [4.69, 9.17) is 0 Å². The fourth-order valence-electron chi connectivity index (χ4n) is 2.54. The average molecular weight is 233 g/mol. The van der Waals surface area contributed by atoms with Crippen LogP contribution in [-0.4, -0.2) is 22.8 Å². The van der Waals surface area contributed by atoms with Crippen molar-refractivity contribution >= 4 is 10.9 Å². The zero-order chi connectivity index (χ0) is 11.7. The molecule has 2 N–H and O–H groups in total. The van der Waals surface area contributed by atoms with Crippen LogP contribution in [0.3, 0.4) is 0 Å². The van der Waals surface area contributed by atoms with Crippen molar-refractivity contribution < 1.29 is 4.39 Å². The third-order valence-electron chi connectivity index (χ3n) is 3.46. The van der Waals surface area contributed by atoms with Gasteiger partial charge >= 0.3 is 0 Å². The van der Waals surface area contributed by atoms with E-state index in [-0.39, 0.29) is 5.82 Å². The van der Waals surface area contributed by atoms with Gasteiger partial charge in [-0.15, -0.1) is 0 Å². The molecule has 1 saturated heterocycles. The summed E-state index contributed by atoms with van der Waals surface area (Å²) < 4.78 is 13.2. The van der Waals surface area contributed by atoms with Crippen molar-refractivity contribution in [1.82, 2.24) is 15.5 Å². The third kappa shape index (κ3) is 2.17. The molecule has 2 aromatic rings. The normalized spacial score (nSPS) is 20.9. The molecule has 3 nitrogen and oxygen atoms in total.